The number of carbonyl (C=O) groups excluding carboxylic acids is 2. The molecular formula is C12H18N2O2. The van der Waals surface area contributed by atoms with Crippen LogP contribution in [0.25, 0.3) is 0 Å². The van der Waals surface area contributed by atoms with Crippen molar-refractivity contribution in [3.05, 3.63) is 0 Å². The molecule has 1 heterocycles. The minimum absolute atomic E-state index is 0.0518. The largest absolute Gasteiger partial charge is 0.343 e. The summed E-state index contributed by atoms with van der Waals surface area (Å²) in [6.07, 6.45) is 6.89. The van der Waals surface area contributed by atoms with Gasteiger partial charge in [0.1, 0.15) is 12.6 Å². The van der Waals surface area contributed by atoms with E-state index < -0.39 is 11.6 Å². The first-order valence-electron chi connectivity index (χ1n) is 5.51. The van der Waals surface area contributed by atoms with Gasteiger partial charge in [-0.1, -0.05) is 19.3 Å². The van der Waals surface area contributed by atoms with Crippen LogP contribution in [0.15, 0.2) is 0 Å². The van der Waals surface area contributed by atoms with E-state index in [-0.39, 0.29) is 18.4 Å². The maximum Gasteiger partial charge on any atom is 0.246 e. The second kappa shape index (κ2) is 4.56. The van der Waals surface area contributed by atoms with Crippen molar-refractivity contribution in [1.82, 2.24) is 10.2 Å². The zero-order valence-corrected chi connectivity index (χ0v) is 10.0. The molecule has 1 rings (SSSR count). The Morgan fingerprint density at radius 3 is 2.69 bits per heavy atom. The average molecular weight is 222 g/mol. The number of terminal acetylenes is 1. The average Bonchev–Trinajstić information content (AvgIpc) is 2.23. The summed E-state index contributed by atoms with van der Waals surface area (Å²) in [5, 5.41) is 2.69. The van der Waals surface area contributed by atoms with E-state index in [4.69, 9.17) is 6.42 Å². The Hall–Kier alpha value is -1.50. The number of amides is 2. The molecule has 4 nitrogen and oxygen atoms in total. The van der Waals surface area contributed by atoms with Crippen molar-refractivity contribution < 1.29 is 9.59 Å². The molecule has 0 aromatic heterocycles. The lowest BCUT2D eigenvalue weighted by molar-refractivity contribution is -0.148. The SMILES string of the molecule is C#CC(C)(C)N1CC(=O)NC(CCC)C1=O. The van der Waals surface area contributed by atoms with Crippen molar-refractivity contribution in [2.75, 3.05) is 6.54 Å². The van der Waals surface area contributed by atoms with Crippen LogP contribution >= 0.6 is 0 Å². The molecule has 0 bridgehead atoms. The maximum atomic E-state index is 12.1. The molecule has 0 aliphatic carbocycles. The van der Waals surface area contributed by atoms with Crippen molar-refractivity contribution in [3.63, 3.8) is 0 Å². The van der Waals surface area contributed by atoms with Crippen LogP contribution in [0, 0.1) is 12.3 Å². The summed E-state index contributed by atoms with van der Waals surface area (Å²) >= 11 is 0. The molecule has 1 aliphatic rings. The Morgan fingerprint density at radius 1 is 1.56 bits per heavy atom. The zero-order chi connectivity index (χ0) is 12.3. The van der Waals surface area contributed by atoms with Crippen LogP contribution in [-0.2, 0) is 9.59 Å². The van der Waals surface area contributed by atoms with Crippen molar-refractivity contribution in [2.45, 2.75) is 45.2 Å². The smallest absolute Gasteiger partial charge is 0.246 e. The topological polar surface area (TPSA) is 49.4 Å². The Kier molecular flexibility index (Phi) is 3.58. The molecule has 1 N–H and O–H groups in total. The van der Waals surface area contributed by atoms with Gasteiger partial charge in [-0.2, -0.15) is 0 Å². The number of rotatable bonds is 3. The summed E-state index contributed by atoms with van der Waals surface area (Å²) in [6, 6.07) is -0.418. The molecule has 1 unspecified atom stereocenters. The van der Waals surface area contributed by atoms with Crippen molar-refractivity contribution in [2.24, 2.45) is 0 Å². The van der Waals surface area contributed by atoms with E-state index >= 15 is 0 Å². The molecule has 0 aromatic rings. The fourth-order valence-corrected chi connectivity index (χ4v) is 1.75. The monoisotopic (exact) mass is 222 g/mol. The maximum absolute atomic E-state index is 12.1. The fraction of sp³-hybridized carbons (Fsp3) is 0.667. The van der Waals surface area contributed by atoms with E-state index in [2.05, 4.69) is 11.2 Å². The number of nitrogens with one attached hydrogen (secondary N) is 1. The molecule has 2 amide bonds. The van der Waals surface area contributed by atoms with Gasteiger partial charge in [0.2, 0.25) is 11.8 Å². The van der Waals surface area contributed by atoms with E-state index in [0.717, 1.165) is 6.42 Å². The second-order valence-corrected chi connectivity index (χ2v) is 4.54. The third kappa shape index (κ3) is 2.35. The lowest BCUT2D eigenvalue weighted by atomic mass is 9.99. The quantitative estimate of drug-likeness (QED) is 0.708. The first-order valence-corrected chi connectivity index (χ1v) is 5.51. The number of piperazine rings is 1. The fourth-order valence-electron chi connectivity index (χ4n) is 1.75. The molecule has 1 aliphatic heterocycles. The van der Waals surface area contributed by atoms with Gasteiger partial charge in [0.25, 0.3) is 0 Å². The molecule has 0 spiro atoms. The second-order valence-electron chi connectivity index (χ2n) is 4.54. The van der Waals surface area contributed by atoms with Crippen LogP contribution in [0.1, 0.15) is 33.6 Å². The predicted molar refractivity (Wildman–Crippen MR) is 61.5 cm³/mol. The summed E-state index contributed by atoms with van der Waals surface area (Å²) in [5.41, 5.74) is -0.708. The highest BCUT2D eigenvalue weighted by molar-refractivity contribution is 5.95. The number of nitrogens with zero attached hydrogens (tertiary/aromatic N) is 1. The normalized spacial score (nSPS) is 21.6. The third-order valence-electron chi connectivity index (χ3n) is 2.81. The van der Waals surface area contributed by atoms with Crippen LogP contribution in [0.4, 0.5) is 0 Å². The molecule has 0 saturated carbocycles. The van der Waals surface area contributed by atoms with E-state index in [9.17, 15) is 9.59 Å². The van der Waals surface area contributed by atoms with E-state index in [1.807, 2.05) is 6.92 Å². The lowest BCUT2D eigenvalue weighted by Crippen LogP contribution is -2.63. The van der Waals surface area contributed by atoms with Gasteiger partial charge in [0, 0.05) is 0 Å². The highest BCUT2D eigenvalue weighted by atomic mass is 16.2. The molecule has 0 aromatic carbocycles. The Labute approximate surface area is 96.4 Å². The number of carbonyl (C=O) groups is 2. The van der Waals surface area contributed by atoms with E-state index in [0.29, 0.717) is 6.42 Å². The van der Waals surface area contributed by atoms with Gasteiger partial charge in [0.05, 0.1) is 5.54 Å². The van der Waals surface area contributed by atoms with Gasteiger partial charge in [-0.3, -0.25) is 9.59 Å². The van der Waals surface area contributed by atoms with E-state index in [1.165, 1.54) is 4.90 Å². The molecule has 16 heavy (non-hydrogen) atoms. The van der Waals surface area contributed by atoms with Gasteiger partial charge in [-0.05, 0) is 20.3 Å². The van der Waals surface area contributed by atoms with Crippen molar-refractivity contribution in [3.8, 4) is 12.3 Å². The highest BCUT2D eigenvalue weighted by Gasteiger charge is 2.38. The minimum Gasteiger partial charge on any atom is -0.343 e. The van der Waals surface area contributed by atoms with Crippen LogP contribution in [0.5, 0.6) is 0 Å². The first-order chi connectivity index (χ1) is 7.42. The van der Waals surface area contributed by atoms with Gasteiger partial charge in [-0.25, -0.2) is 0 Å². The van der Waals surface area contributed by atoms with Gasteiger partial charge in [0.15, 0.2) is 0 Å². The molecule has 88 valence electrons. The molecule has 1 saturated heterocycles. The molecular weight excluding hydrogens is 204 g/mol. The molecule has 0 radical (unpaired) electrons. The molecule has 1 atom stereocenters. The van der Waals surface area contributed by atoms with Gasteiger partial charge < -0.3 is 10.2 Å². The summed E-state index contributed by atoms with van der Waals surface area (Å²) < 4.78 is 0. The molecule has 1 fully saturated rings. The standard InChI is InChI=1S/C12H18N2O2/c1-5-7-9-11(16)14(8-10(15)13-9)12(3,4)6-2/h2,9H,5,7-8H2,1,3-4H3,(H,13,15). The van der Waals surface area contributed by atoms with Crippen LogP contribution < -0.4 is 5.32 Å². The summed E-state index contributed by atoms with van der Waals surface area (Å²) in [7, 11) is 0. The Bertz CT molecular complexity index is 341. The highest BCUT2D eigenvalue weighted by Crippen LogP contribution is 2.18. The van der Waals surface area contributed by atoms with Crippen molar-refractivity contribution in [1.29, 1.82) is 0 Å². The first kappa shape index (κ1) is 12.6. The Morgan fingerprint density at radius 2 is 2.19 bits per heavy atom. The minimum atomic E-state index is -0.708. The zero-order valence-electron chi connectivity index (χ0n) is 10.0. The summed E-state index contributed by atoms with van der Waals surface area (Å²) in [4.78, 5) is 25.1. The predicted octanol–water partition coefficient (Wildman–Crippen LogP) is 0.525. The third-order valence-corrected chi connectivity index (χ3v) is 2.81. The van der Waals surface area contributed by atoms with Crippen LogP contribution in [0.3, 0.4) is 0 Å². The van der Waals surface area contributed by atoms with Crippen molar-refractivity contribution >= 4 is 11.8 Å². The van der Waals surface area contributed by atoms with Gasteiger partial charge in [-0.15, -0.1) is 6.42 Å². The Balaban J connectivity index is 2.90. The van der Waals surface area contributed by atoms with E-state index in [1.54, 1.807) is 13.8 Å². The van der Waals surface area contributed by atoms with Gasteiger partial charge >= 0.3 is 0 Å². The summed E-state index contributed by atoms with van der Waals surface area (Å²) in [6.45, 7) is 5.57. The van der Waals surface area contributed by atoms with Crippen LogP contribution in [-0.4, -0.2) is 34.8 Å². The van der Waals surface area contributed by atoms with Crippen LogP contribution in [0.2, 0.25) is 0 Å². The number of hydrogen-bond donors (Lipinski definition) is 1. The number of hydrogen-bond acceptors (Lipinski definition) is 2. The molecule has 4 heteroatoms. The lowest BCUT2D eigenvalue weighted by Gasteiger charge is -2.40. The summed E-state index contributed by atoms with van der Waals surface area (Å²) in [5.74, 6) is 2.33.